The second-order valence-corrected chi connectivity index (χ2v) is 5.08. The van der Waals surface area contributed by atoms with Crippen LogP contribution in [0.15, 0.2) is 24.3 Å². The molecule has 8 nitrogen and oxygen atoms in total. The van der Waals surface area contributed by atoms with Gasteiger partial charge in [0.1, 0.15) is 34.1 Å². The number of phenolic OH excluding ortho intramolecular Hbond substituents is 4. The molecule has 0 aromatic heterocycles. The third-order valence-electron chi connectivity index (χ3n) is 3.68. The fraction of sp³-hybridized carbons (Fsp3) is 0.176. The van der Waals surface area contributed by atoms with Gasteiger partial charge in [-0.15, -0.1) is 0 Å². The van der Waals surface area contributed by atoms with E-state index < -0.39 is 23.4 Å². The average molecular weight is 348 g/mol. The Morgan fingerprint density at radius 1 is 0.760 bits per heavy atom. The standard InChI is InChI=1S/C17H16O8/c1-24-16(22)8-3-5-12(18)10(14(8)20)7-11-13(19)6-4-9(15(11)21)17(23)25-2/h3-6,18-21H,7H2,1-2H3. The Morgan fingerprint density at radius 2 is 1.12 bits per heavy atom. The maximum Gasteiger partial charge on any atom is 0.341 e. The Labute approximate surface area is 142 Å². The first-order valence-corrected chi connectivity index (χ1v) is 7.06. The predicted molar refractivity (Wildman–Crippen MR) is 85.0 cm³/mol. The van der Waals surface area contributed by atoms with Crippen molar-refractivity contribution in [1.82, 2.24) is 0 Å². The summed E-state index contributed by atoms with van der Waals surface area (Å²) in [6.07, 6.45) is -0.356. The van der Waals surface area contributed by atoms with Gasteiger partial charge in [0, 0.05) is 17.5 Å². The topological polar surface area (TPSA) is 134 Å². The van der Waals surface area contributed by atoms with Crippen LogP contribution in [0.4, 0.5) is 0 Å². The van der Waals surface area contributed by atoms with Gasteiger partial charge in [-0.25, -0.2) is 9.59 Å². The van der Waals surface area contributed by atoms with E-state index in [1.165, 1.54) is 24.3 Å². The number of hydrogen-bond donors (Lipinski definition) is 4. The highest BCUT2D eigenvalue weighted by atomic mass is 16.5. The molecule has 0 spiro atoms. The van der Waals surface area contributed by atoms with Crippen LogP contribution in [0, 0.1) is 0 Å². The van der Waals surface area contributed by atoms with Crippen molar-refractivity contribution < 1.29 is 39.5 Å². The maximum absolute atomic E-state index is 11.6. The van der Waals surface area contributed by atoms with E-state index in [4.69, 9.17) is 0 Å². The molecule has 0 saturated carbocycles. The number of phenols is 4. The van der Waals surface area contributed by atoms with Crippen LogP contribution in [0.5, 0.6) is 23.0 Å². The van der Waals surface area contributed by atoms with Crippen molar-refractivity contribution in [2.24, 2.45) is 0 Å². The van der Waals surface area contributed by atoms with Gasteiger partial charge in [-0.1, -0.05) is 0 Å². The fourth-order valence-corrected chi connectivity index (χ4v) is 2.33. The zero-order valence-corrected chi connectivity index (χ0v) is 13.4. The number of ether oxygens (including phenoxy) is 2. The summed E-state index contributed by atoms with van der Waals surface area (Å²) in [5.74, 6) is -3.51. The van der Waals surface area contributed by atoms with E-state index in [9.17, 15) is 30.0 Å². The Hall–Kier alpha value is -3.42. The highest BCUT2D eigenvalue weighted by Gasteiger charge is 2.23. The van der Waals surface area contributed by atoms with E-state index in [-0.39, 0.29) is 40.2 Å². The molecule has 0 fully saturated rings. The number of rotatable bonds is 4. The highest BCUT2D eigenvalue weighted by molar-refractivity contribution is 5.94. The summed E-state index contributed by atoms with van der Waals surface area (Å²) in [6.45, 7) is 0. The van der Waals surface area contributed by atoms with Gasteiger partial charge < -0.3 is 29.9 Å². The molecule has 2 rings (SSSR count). The number of hydrogen-bond acceptors (Lipinski definition) is 8. The lowest BCUT2D eigenvalue weighted by Crippen LogP contribution is -2.05. The smallest absolute Gasteiger partial charge is 0.341 e. The van der Waals surface area contributed by atoms with Crippen LogP contribution >= 0.6 is 0 Å². The number of aromatic hydroxyl groups is 4. The molecule has 0 heterocycles. The van der Waals surface area contributed by atoms with Crippen molar-refractivity contribution in [1.29, 1.82) is 0 Å². The molecule has 0 aliphatic heterocycles. The second-order valence-electron chi connectivity index (χ2n) is 5.08. The lowest BCUT2D eigenvalue weighted by Gasteiger charge is -2.14. The van der Waals surface area contributed by atoms with Gasteiger partial charge in [0.2, 0.25) is 0 Å². The lowest BCUT2D eigenvalue weighted by molar-refractivity contribution is 0.0588. The molecular weight excluding hydrogens is 332 g/mol. The predicted octanol–water partition coefficient (Wildman–Crippen LogP) is 1.67. The van der Waals surface area contributed by atoms with E-state index in [1.54, 1.807) is 0 Å². The molecule has 0 radical (unpaired) electrons. The summed E-state index contributed by atoms with van der Waals surface area (Å²) in [5, 5.41) is 40.4. The summed E-state index contributed by atoms with van der Waals surface area (Å²) < 4.78 is 9.07. The minimum absolute atomic E-state index is 0.129. The number of carbonyl (C=O) groups is 2. The highest BCUT2D eigenvalue weighted by Crippen LogP contribution is 2.38. The molecule has 8 heteroatoms. The van der Waals surface area contributed by atoms with Crippen molar-refractivity contribution in [2.45, 2.75) is 6.42 Å². The van der Waals surface area contributed by atoms with Crippen molar-refractivity contribution in [3.63, 3.8) is 0 Å². The molecular formula is C17H16O8. The third kappa shape index (κ3) is 3.27. The minimum atomic E-state index is -0.824. The van der Waals surface area contributed by atoms with Crippen LogP contribution in [0.25, 0.3) is 0 Å². The molecule has 25 heavy (non-hydrogen) atoms. The number of methoxy groups -OCH3 is 2. The van der Waals surface area contributed by atoms with Crippen LogP contribution in [0.3, 0.4) is 0 Å². The lowest BCUT2D eigenvalue weighted by atomic mass is 9.97. The zero-order chi connectivity index (χ0) is 18.7. The van der Waals surface area contributed by atoms with Gasteiger partial charge in [-0.05, 0) is 24.3 Å². The van der Waals surface area contributed by atoms with Gasteiger partial charge in [-0.3, -0.25) is 0 Å². The van der Waals surface area contributed by atoms with Gasteiger partial charge >= 0.3 is 11.9 Å². The van der Waals surface area contributed by atoms with Gasteiger partial charge in [0.05, 0.1) is 14.2 Å². The van der Waals surface area contributed by atoms with Crippen LogP contribution in [0.2, 0.25) is 0 Å². The summed E-state index contributed by atoms with van der Waals surface area (Å²) >= 11 is 0. The summed E-state index contributed by atoms with van der Waals surface area (Å²) in [5.41, 5.74) is -0.650. The minimum Gasteiger partial charge on any atom is -0.508 e. The average Bonchev–Trinajstić information content (AvgIpc) is 2.59. The van der Waals surface area contributed by atoms with E-state index in [0.29, 0.717) is 0 Å². The van der Waals surface area contributed by atoms with Crippen LogP contribution in [0.1, 0.15) is 31.8 Å². The van der Waals surface area contributed by atoms with Crippen LogP contribution < -0.4 is 0 Å². The molecule has 0 bridgehead atoms. The largest absolute Gasteiger partial charge is 0.508 e. The van der Waals surface area contributed by atoms with Gasteiger partial charge in [0.15, 0.2) is 0 Å². The SMILES string of the molecule is COC(=O)c1ccc(O)c(Cc2c(O)ccc(C(=O)OC)c2O)c1O. The summed E-state index contributed by atoms with van der Waals surface area (Å²) in [7, 11) is 2.26. The quantitative estimate of drug-likeness (QED) is 0.613. The molecule has 0 amide bonds. The maximum atomic E-state index is 11.6. The number of carbonyl (C=O) groups excluding carboxylic acids is 2. The van der Waals surface area contributed by atoms with Crippen molar-refractivity contribution in [3.05, 3.63) is 46.5 Å². The van der Waals surface area contributed by atoms with Crippen molar-refractivity contribution in [2.75, 3.05) is 14.2 Å². The first kappa shape index (κ1) is 17.9. The molecule has 4 N–H and O–H groups in total. The Bertz CT molecular complexity index is 772. The van der Waals surface area contributed by atoms with Gasteiger partial charge in [-0.2, -0.15) is 0 Å². The fourth-order valence-electron chi connectivity index (χ4n) is 2.33. The first-order chi connectivity index (χ1) is 11.8. The van der Waals surface area contributed by atoms with Crippen LogP contribution in [-0.4, -0.2) is 46.6 Å². The first-order valence-electron chi connectivity index (χ1n) is 7.06. The van der Waals surface area contributed by atoms with Crippen LogP contribution in [-0.2, 0) is 15.9 Å². The van der Waals surface area contributed by atoms with Crippen molar-refractivity contribution in [3.8, 4) is 23.0 Å². The molecule has 0 atom stereocenters. The van der Waals surface area contributed by atoms with E-state index in [2.05, 4.69) is 9.47 Å². The van der Waals surface area contributed by atoms with E-state index in [0.717, 1.165) is 14.2 Å². The summed E-state index contributed by atoms with van der Waals surface area (Å²) in [6, 6.07) is 4.67. The third-order valence-corrected chi connectivity index (χ3v) is 3.68. The van der Waals surface area contributed by atoms with Crippen molar-refractivity contribution >= 4 is 11.9 Å². The molecule has 0 aliphatic carbocycles. The Kier molecular flexibility index (Phi) is 5.02. The van der Waals surface area contributed by atoms with E-state index >= 15 is 0 Å². The molecule has 2 aromatic rings. The zero-order valence-electron chi connectivity index (χ0n) is 13.4. The second kappa shape index (κ2) is 7.00. The Morgan fingerprint density at radius 3 is 1.44 bits per heavy atom. The molecule has 0 saturated heterocycles. The molecule has 2 aromatic carbocycles. The number of benzene rings is 2. The monoisotopic (exact) mass is 348 g/mol. The normalized spacial score (nSPS) is 10.3. The summed E-state index contributed by atoms with van der Waals surface area (Å²) in [4.78, 5) is 23.3. The Balaban J connectivity index is 2.57. The number of esters is 2. The van der Waals surface area contributed by atoms with Gasteiger partial charge in [0.25, 0.3) is 0 Å². The molecule has 0 aliphatic rings. The van der Waals surface area contributed by atoms with E-state index in [1.807, 2.05) is 0 Å². The molecule has 132 valence electrons. The molecule has 0 unspecified atom stereocenters.